The van der Waals surface area contributed by atoms with E-state index in [0.717, 1.165) is 5.56 Å². The van der Waals surface area contributed by atoms with Gasteiger partial charge in [-0.15, -0.1) is 0 Å². The molecule has 0 aromatic heterocycles. The molecule has 4 heteroatoms. The molecule has 1 rings (SSSR count). The van der Waals surface area contributed by atoms with Gasteiger partial charge in [0.15, 0.2) is 0 Å². The number of ether oxygens (including phenoxy) is 1. The Labute approximate surface area is 92.8 Å². The minimum absolute atomic E-state index is 0.226. The molecule has 0 fully saturated rings. The van der Waals surface area contributed by atoms with Crippen LogP contribution < -0.4 is 0 Å². The van der Waals surface area contributed by atoms with Gasteiger partial charge < -0.3 is 4.74 Å². The van der Waals surface area contributed by atoms with Gasteiger partial charge in [-0.25, -0.2) is 0 Å². The van der Waals surface area contributed by atoms with E-state index >= 15 is 0 Å². The molecule has 0 bridgehead atoms. The third kappa shape index (κ3) is 3.20. The van der Waals surface area contributed by atoms with Crippen molar-refractivity contribution in [3.8, 4) is 0 Å². The number of hydrogen-bond donors (Lipinski definition) is 0. The van der Waals surface area contributed by atoms with E-state index in [1.54, 1.807) is 12.1 Å². The van der Waals surface area contributed by atoms with Crippen molar-refractivity contribution in [2.45, 2.75) is 12.8 Å². The molecule has 0 saturated heterocycles. The fourth-order valence-electron chi connectivity index (χ4n) is 1.04. The highest BCUT2D eigenvalue weighted by Crippen LogP contribution is 2.23. The largest absolute Gasteiger partial charge is 0.469 e. The maximum atomic E-state index is 10.9. The molecule has 76 valence electrons. The molecule has 0 saturated carbocycles. The van der Waals surface area contributed by atoms with Crippen LogP contribution >= 0.6 is 23.2 Å². The average Bonchev–Trinajstić information content (AvgIpc) is 2.19. The number of benzene rings is 1. The van der Waals surface area contributed by atoms with E-state index in [-0.39, 0.29) is 5.97 Å². The van der Waals surface area contributed by atoms with Crippen LogP contribution in [-0.4, -0.2) is 13.1 Å². The van der Waals surface area contributed by atoms with Crippen LogP contribution in [0.1, 0.15) is 12.0 Å². The van der Waals surface area contributed by atoms with Crippen molar-refractivity contribution >= 4 is 29.2 Å². The summed E-state index contributed by atoms with van der Waals surface area (Å²) in [7, 11) is 1.37. The second kappa shape index (κ2) is 5.23. The molecule has 2 nitrogen and oxygen atoms in total. The van der Waals surface area contributed by atoms with Gasteiger partial charge in [0.2, 0.25) is 0 Å². The summed E-state index contributed by atoms with van der Waals surface area (Å²) in [6.45, 7) is 0. The second-order valence-corrected chi connectivity index (χ2v) is 3.64. The lowest BCUT2D eigenvalue weighted by molar-refractivity contribution is -0.140. The Balaban J connectivity index is 2.60. The number of carbonyl (C=O) groups is 1. The van der Waals surface area contributed by atoms with Crippen LogP contribution in [0.25, 0.3) is 0 Å². The Morgan fingerprint density at radius 1 is 1.36 bits per heavy atom. The highest BCUT2D eigenvalue weighted by molar-refractivity contribution is 6.42. The molecule has 0 atom stereocenters. The number of halogens is 2. The predicted molar refractivity (Wildman–Crippen MR) is 56.8 cm³/mol. The molecular weight excluding hydrogens is 223 g/mol. The van der Waals surface area contributed by atoms with Gasteiger partial charge in [-0.2, -0.15) is 0 Å². The first-order chi connectivity index (χ1) is 6.63. The number of rotatable bonds is 3. The SMILES string of the molecule is COC(=O)CCc1ccc(Cl)c(Cl)c1. The Morgan fingerprint density at radius 2 is 2.07 bits per heavy atom. The monoisotopic (exact) mass is 232 g/mol. The van der Waals surface area contributed by atoms with Gasteiger partial charge in [0.1, 0.15) is 0 Å². The van der Waals surface area contributed by atoms with Crippen molar-refractivity contribution in [3.63, 3.8) is 0 Å². The van der Waals surface area contributed by atoms with Crippen LogP contribution in [0.15, 0.2) is 18.2 Å². The van der Waals surface area contributed by atoms with E-state index in [0.29, 0.717) is 22.9 Å². The van der Waals surface area contributed by atoms with Gasteiger partial charge in [0.25, 0.3) is 0 Å². The number of carbonyl (C=O) groups excluding carboxylic acids is 1. The zero-order valence-corrected chi connectivity index (χ0v) is 9.23. The average molecular weight is 233 g/mol. The van der Waals surface area contributed by atoms with Crippen LogP contribution in [0.5, 0.6) is 0 Å². The van der Waals surface area contributed by atoms with Crippen molar-refractivity contribution in [2.75, 3.05) is 7.11 Å². The molecule has 0 aliphatic rings. The van der Waals surface area contributed by atoms with E-state index in [2.05, 4.69) is 4.74 Å². The molecule has 0 aliphatic heterocycles. The number of hydrogen-bond acceptors (Lipinski definition) is 2. The summed E-state index contributed by atoms with van der Waals surface area (Å²) >= 11 is 11.6. The smallest absolute Gasteiger partial charge is 0.305 e. The van der Waals surface area contributed by atoms with E-state index < -0.39 is 0 Å². The standard InChI is InChI=1S/C10H10Cl2O2/c1-14-10(13)5-3-7-2-4-8(11)9(12)6-7/h2,4,6H,3,5H2,1H3. The number of methoxy groups -OCH3 is 1. The van der Waals surface area contributed by atoms with E-state index in [9.17, 15) is 4.79 Å². The van der Waals surface area contributed by atoms with Crippen molar-refractivity contribution in [1.29, 1.82) is 0 Å². The highest BCUT2D eigenvalue weighted by Gasteiger charge is 2.03. The van der Waals surface area contributed by atoms with Gasteiger partial charge >= 0.3 is 5.97 Å². The Morgan fingerprint density at radius 3 is 2.64 bits per heavy atom. The van der Waals surface area contributed by atoms with Gasteiger partial charge in [-0.1, -0.05) is 29.3 Å². The van der Waals surface area contributed by atoms with Gasteiger partial charge in [-0.05, 0) is 24.1 Å². The maximum absolute atomic E-state index is 10.9. The summed E-state index contributed by atoms with van der Waals surface area (Å²) < 4.78 is 4.53. The molecule has 0 aliphatic carbocycles. The molecule has 1 aromatic rings. The van der Waals surface area contributed by atoms with Gasteiger partial charge in [0.05, 0.1) is 17.2 Å². The van der Waals surface area contributed by atoms with Crippen LogP contribution in [0.3, 0.4) is 0 Å². The third-order valence-electron chi connectivity index (χ3n) is 1.83. The molecule has 0 spiro atoms. The topological polar surface area (TPSA) is 26.3 Å². The third-order valence-corrected chi connectivity index (χ3v) is 2.57. The van der Waals surface area contributed by atoms with E-state index in [4.69, 9.17) is 23.2 Å². The molecule has 0 unspecified atom stereocenters. The lowest BCUT2D eigenvalue weighted by Crippen LogP contribution is -2.01. The summed E-state index contributed by atoms with van der Waals surface area (Å²) in [5.41, 5.74) is 0.977. The van der Waals surface area contributed by atoms with Crippen molar-refractivity contribution in [2.24, 2.45) is 0 Å². The maximum Gasteiger partial charge on any atom is 0.305 e. The van der Waals surface area contributed by atoms with Gasteiger partial charge in [-0.3, -0.25) is 4.79 Å². The molecule has 14 heavy (non-hydrogen) atoms. The van der Waals surface area contributed by atoms with Crippen LogP contribution in [0.2, 0.25) is 10.0 Å². The van der Waals surface area contributed by atoms with Crippen LogP contribution in [0, 0.1) is 0 Å². The lowest BCUT2D eigenvalue weighted by Gasteiger charge is -2.02. The first-order valence-corrected chi connectivity index (χ1v) is 4.90. The summed E-state index contributed by atoms with van der Waals surface area (Å²) in [5, 5.41) is 1.03. The van der Waals surface area contributed by atoms with Crippen molar-refractivity contribution in [3.05, 3.63) is 33.8 Å². The van der Waals surface area contributed by atoms with Crippen LogP contribution in [0.4, 0.5) is 0 Å². The number of aryl methyl sites for hydroxylation is 1. The van der Waals surface area contributed by atoms with Gasteiger partial charge in [0, 0.05) is 6.42 Å². The molecular formula is C10H10Cl2O2. The lowest BCUT2D eigenvalue weighted by atomic mass is 10.1. The number of esters is 1. The first kappa shape index (κ1) is 11.3. The fourth-order valence-corrected chi connectivity index (χ4v) is 1.36. The quantitative estimate of drug-likeness (QED) is 0.750. The predicted octanol–water partition coefficient (Wildman–Crippen LogP) is 3.10. The Hall–Kier alpha value is -0.730. The minimum Gasteiger partial charge on any atom is -0.469 e. The molecule has 0 radical (unpaired) electrons. The Bertz CT molecular complexity index is 337. The summed E-state index contributed by atoms with van der Waals surface area (Å²) in [4.78, 5) is 10.9. The summed E-state index contributed by atoms with van der Waals surface area (Å²) in [5.74, 6) is -0.226. The molecule has 0 heterocycles. The first-order valence-electron chi connectivity index (χ1n) is 4.14. The van der Waals surface area contributed by atoms with E-state index in [1.807, 2.05) is 6.07 Å². The van der Waals surface area contributed by atoms with Crippen molar-refractivity contribution in [1.82, 2.24) is 0 Å². The normalized spacial score (nSPS) is 9.93. The minimum atomic E-state index is -0.226. The zero-order chi connectivity index (χ0) is 10.6. The summed E-state index contributed by atoms with van der Waals surface area (Å²) in [6, 6.07) is 5.32. The Kier molecular flexibility index (Phi) is 4.23. The zero-order valence-electron chi connectivity index (χ0n) is 7.72. The molecule has 0 amide bonds. The van der Waals surface area contributed by atoms with E-state index in [1.165, 1.54) is 7.11 Å². The van der Waals surface area contributed by atoms with Crippen molar-refractivity contribution < 1.29 is 9.53 Å². The fraction of sp³-hybridized carbons (Fsp3) is 0.300. The molecule has 1 aromatic carbocycles. The second-order valence-electron chi connectivity index (χ2n) is 2.82. The molecule has 0 N–H and O–H groups in total. The van der Waals surface area contributed by atoms with Crippen LogP contribution in [-0.2, 0) is 16.0 Å². The highest BCUT2D eigenvalue weighted by atomic mass is 35.5. The summed E-state index contributed by atoms with van der Waals surface area (Å²) in [6.07, 6.45) is 0.970.